The lowest BCUT2D eigenvalue weighted by atomic mass is 10.1. The third-order valence-electron chi connectivity index (χ3n) is 7.27. The zero-order valence-corrected chi connectivity index (χ0v) is 25.2. The van der Waals surface area contributed by atoms with Crippen LogP contribution in [0.5, 0.6) is 5.75 Å². The molecule has 1 heterocycles. The lowest BCUT2D eigenvalue weighted by molar-refractivity contribution is -0.143. The van der Waals surface area contributed by atoms with E-state index < -0.39 is 46.8 Å². The molecule has 1 atom stereocenters. The lowest BCUT2D eigenvalue weighted by Gasteiger charge is -2.31. The fraction of sp³-hybridized carbons (Fsp3) is 0.344. The zero-order chi connectivity index (χ0) is 33.3. The fourth-order valence-corrected chi connectivity index (χ4v) is 4.87. The molecule has 240 valence electrons. The highest BCUT2D eigenvalue weighted by Crippen LogP contribution is 2.38. The first-order valence-corrected chi connectivity index (χ1v) is 14.0. The number of fused-ring (bicyclic) bond motifs is 1. The van der Waals surface area contributed by atoms with Gasteiger partial charge in [-0.25, -0.2) is 9.78 Å². The molecule has 2 amide bonds. The highest BCUT2D eigenvalue weighted by molar-refractivity contribution is 5.90. The summed E-state index contributed by atoms with van der Waals surface area (Å²) in [6.45, 7) is 7.24. The standard InChI is InChI=1S/C32H32F6N4O3/c1-18(2)12-13-41(30(44)39-23-16-21(31(33,34)35)15-22(17-23)32(36,37)38)20(4)28-40-25-9-7-6-8-24(25)29(43)42(28)26-14-19(3)10-11-27(26)45-5/h6-11,14-18,20H,12-13H2,1-5H3,(H,39,44). The number of hydrogen-bond acceptors (Lipinski definition) is 4. The average Bonchev–Trinajstić information content (AvgIpc) is 2.96. The lowest BCUT2D eigenvalue weighted by Crippen LogP contribution is -2.41. The minimum absolute atomic E-state index is 0.0122. The number of para-hydroxylation sites is 1. The summed E-state index contributed by atoms with van der Waals surface area (Å²) in [4.78, 5) is 33.7. The van der Waals surface area contributed by atoms with Gasteiger partial charge in [0.25, 0.3) is 5.56 Å². The predicted octanol–water partition coefficient (Wildman–Crippen LogP) is 8.38. The van der Waals surface area contributed by atoms with Crippen LogP contribution in [0.15, 0.2) is 65.5 Å². The van der Waals surface area contributed by atoms with Crippen molar-refractivity contribution in [3.63, 3.8) is 0 Å². The molecule has 4 rings (SSSR count). The van der Waals surface area contributed by atoms with Gasteiger partial charge in [-0.1, -0.05) is 32.0 Å². The monoisotopic (exact) mass is 634 g/mol. The number of anilines is 1. The van der Waals surface area contributed by atoms with Crippen LogP contribution in [0.2, 0.25) is 0 Å². The van der Waals surface area contributed by atoms with E-state index in [9.17, 15) is 35.9 Å². The van der Waals surface area contributed by atoms with Gasteiger partial charge in [0.05, 0.1) is 40.9 Å². The minimum atomic E-state index is -5.09. The van der Waals surface area contributed by atoms with Crippen molar-refractivity contribution in [3.05, 3.63) is 93.5 Å². The first kappa shape index (κ1) is 33.3. The maximum Gasteiger partial charge on any atom is 0.416 e. The third-order valence-corrected chi connectivity index (χ3v) is 7.27. The van der Waals surface area contributed by atoms with Gasteiger partial charge < -0.3 is 15.0 Å². The molecule has 7 nitrogen and oxygen atoms in total. The molecule has 1 unspecified atom stereocenters. The number of halogens is 6. The van der Waals surface area contributed by atoms with E-state index in [2.05, 4.69) is 5.32 Å². The van der Waals surface area contributed by atoms with Crippen molar-refractivity contribution in [2.75, 3.05) is 19.0 Å². The molecule has 1 N–H and O–H groups in total. The summed E-state index contributed by atoms with van der Waals surface area (Å²) in [7, 11) is 1.43. The van der Waals surface area contributed by atoms with Gasteiger partial charge in [-0.15, -0.1) is 0 Å². The van der Waals surface area contributed by atoms with E-state index in [0.29, 0.717) is 40.9 Å². The van der Waals surface area contributed by atoms with E-state index in [-0.39, 0.29) is 24.4 Å². The van der Waals surface area contributed by atoms with Gasteiger partial charge in [0.15, 0.2) is 0 Å². The largest absolute Gasteiger partial charge is 0.495 e. The van der Waals surface area contributed by atoms with Crippen LogP contribution in [0.3, 0.4) is 0 Å². The van der Waals surface area contributed by atoms with Gasteiger partial charge in [0.1, 0.15) is 11.6 Å². The van der Waals surface area contributed by atoms with Crippen LogP contribution in [-0.2, 0) is 12.4 Å². The number of aryl methyl sites for hydroxylation is 1. The SMILES string of the molecule is COc1ccc(C)cc1-n1c(C(C)N(CCC(C)C)C(=O)Nc2cc(C(F)(F)F)cc(C(F)(F)F)c2)nc2ccccc2c1=O. The number of aromatic nitrogens is 2. The van der Waals surface area contributed by atoms with Crippen molar-refractivity contribution >= 4 is 22.6 Å². The molecule has 0 aliphatic rings. The molecule has 3 aromatic carbocycles. The van der Waals surface area contributed by atoms with Crippen molar-refractivity contribution < 1.29 is 35.9 Å². The molecular formula is C32H32F6N4O3. The second-order valence-electron chi connectivity index (χ2n) is 11.1. The molecule has 0 aliphatic carbocycles. The topological polar surface area (TPSA) is 76.5 Å². The Kier molecular flexibility index (Phi) is 9.50. The number of ether oxygens (including phenoxy) is 1. The van der Waals surface area contributed by atoms with Crippen LogP contribution in [0.25, 0.3) is 16.6 Å². The van der Waals surface area contributed by atoms with Crippen LogP contribution in [0.4, 0.5) is 36.8 Å². The normalized spacial score (nSPS) is 12.8. The van der Waals surface area contributed by atoms with Gasteiger partial charge in [-0.05, 0) is 74.2 Å². The number of nitrogens with one attached hydrogen (secondary N) is 1. The van der Waals surface area contributed by atoms with Gasteiger partial charge >= 0.3 is 18.4 Å². The molecule has 0 fully saturated rings. The predicted molar refractivity (Wildman–Crippen MR) is 159 cm³/mol. The van der Waals surface area contributed by atoms with Crippen LogP contribution in [0, 0.1) is 12.8 Å². The van der Waals surface area contributed by atoms with Crippen molar-refractivity contribution in [2.24, 2.45) is 5.92 Å². The van der Waals surface area contributed by atoms with Crippen LogP contribution in [0.1, 0.15) is 55.7 Å². The van der Waals surface area contributed by atoms with Crippen LogP contribution < -0.4 is 15.6 Å². The maximum absolute atomic E-state index is 14.0. The molecular weight excluding hydrogens is 602 g/mol. The summed E-state index contributed by atoms with van der Waals surface area (Å²) >= 11 is 0. The molecule has 0 radical (unpaired) electrons. The van der Waals surface area contributed by atoms with Gasteiger partial charge in [-0.3, -0.25) is 9.36 Å². The Bertz CT molecular complexity index is 1730. The first-order valence-electron chi connectivity index (χ1n) is 14.0. The van der Waals surface area contributed by atoms with Gasteiger partial charge in [0, 0.05) is 12.2 Å². The minimum Gasteiger partial charge on any atom is -0.495 e. The number of hydrogen-bond donors (Lipinski definition) is 1. The van der Waals surface area contributed by atoms with Crippen LogP contribution in [-0.4, -0.2) is 34.1 Å². The summed E-state index contributed by atoms with van der Waals surface area (Å²) in [5.41, 5.74) is -2.79. The Morgan fingerprint density at radius 1 is 0.956 bits per heavy atom. The fourth-order valence-electron chi connectivity index (χ4n) is 4.87. The molecule has 0 saturated heterocycles. The maximum atomic E-state index is 14.0. The second-order valence-corrected chi connectivity index (χ2v) is 11.1. The van der Waals surface area contributed by atoms with E-state index in [1.54, 1.807) is 49.4 Å². The quantitative estimate of drug-likeness (QED) is 0.198. The summed E-state index contributed by atoms with van der Waals surface area (Å²) in [5.74, 6) is 0.526. The zero-order valence-electron chi connectivity index (χ0n) is 25.2. The molecule has 0 spiro atoms. The summed E-state index contributed by atoms with van der Waals surface area (Å²) in [6, 6.07) is 10.7. The number of amides is 2. The molecule has 0 saturated carbocycles. The Morgan fingerprint density at radius 3 is 2.16 bits per heavy atom. The smallest absolute Gasteiger partial charge is 0.416 e. The number of nitrogens with zero attached hydrogens (tertiary/aromatic N) is 3. The summed E-state index contributed by atoms with van der Waals surface area (Å²) in [6.07, 6.45) is -9.76. The van der Waals surface area contributed by atoms with E-state index in [1.165, 1.54) is 16.6 Å². The van der Waals surface area contributed by atoms with Crippen molar-refractivity contribution in [1.29, 1.82) is 0 Å². The highest BCUT2D eigenvalue weighted by atomic mass is 19.4. The van der Waals surface area contributed by atoms with E-state index in [4.69, 9.17) is 9.72 Å². The van der Waals surface area contributed by atoms with E-state index in [1.807, 2.05) is 20.8 Å². The molecule has 1 aromatic heterocycles. The molecule has 4 aromatic rings. The number of urea groups is 1. The van der Waals surface area contributed by atoms with Crippen molar-refractivity contribution in [1.82, 2.24) is 14.5 Å². The number of rotatable bonds is 8. The number of benzene rings is 3. The number of carbonyl (C=O) groups excluding carboxylic acids is 1. The molecule has 0 aliphatic heterocycles. The summed E-state index contributed by atoms with van der Waals surface area (Å²) < 4.78 is 87.9. The Balaban J connectivity index is 1.88. The Labute approximate surface area is 255 Å². The highest BCUT2D eigenvalue weighted by Gasteiger charge is 2.37. The summed E-state index contributed by atoms with van der Waals surface area (Å²) in [5, 5.41) is 2.52. The van der Waals surface area contributed by atoms with Crippen molar-refractivity contribution in [3.8, 4) is 11.4 Å². The van der Waals surface area contributed by atoms with Gasteiger partial charge in [-0.2, -0.15) is 26.3 Å². The third kappa shape index (κ3) is 7.40. The number of carbonyl (C=O) groups is 1. The Morgan fingerprint density at radius 2 is 1.58 bits per heavy atom. The van der Waals surface area contributed by atoms with E-state index >= 15 is 0 Å². The number of alkyl halides is 6. The molecule has 13 heteroatoms. The van der Waals surface area contributed by atoms with Gasteiger partial charge in [0.2, 0.25) is 0 Å². The first-order chi connectivity index (χ1) is 21.0. The van der Waals surface area contributed by atoms with Crippen molar-refractivity contribution in [2.45, 2.75) is 52.5 Å². The average molecular weight is 635 g/mol. The Hall–Kier alpha value is -4.55. The van der Waals surface area contributed by atoms with Crippen LogP contribution >= 0.6 is 0 Å². The second kappa shape index (κ2) is 12.8. The number of methoxy groups -OCH3 is 1. The van der Waals surface area contributed by atoms with E-state index in [0.717, 1.165) is 5.56 Å². The molecule has 45 heavy (non-hydrogen) atoms. The molecule has 0 bridgehead atoms.